The standard InChI is InChI=1S/C11H10ClN5O4/c1-20-9-10(16-13)14-5-15-11(9)21-6-2-3-8(17(18)19)7(12)4-6/h2-5H,13H2,1H3,(H,14,15,16). The van der Waals surface area contributed by atoms with Gasteiger partial charge < -0.3 is 14.9 Å². The number of nitrogens with zero attached hydrogens (tertiary/aromatic N) is 3. The predicted octanol–water partition coefficient (Wildman–Crippen LogP) is 2.12. The van der Waals surface area contributed by atoms with E-state index in [9.17, 15) is 10.1 Å². The van der Waals surface area contributed by atoms with Gasteiger partial charge in [-0.3, -0.25) is 10.1 Å². The van der Waals surface area contributed by atoms with Crippen molar-refractivity contribution in [1.82, 2.24) is 9.97 Å². The summed E-state index contributed by atoms with van der Waals surface area (Å²) in [5, 5.41) is 10.6. The van der Waals surface area contributed by atoms with Crippen LogP contribution < -0.4 is 20.7 Å². The van der Waals surface area contributed by atoms with E-state index in [1.54, 1.807) is 0 Å². The van der Waals surface area contributed by atoms with Crippen LogP contribution in [0.1, 0.15) is 0 Å². The molecule has 0 amide bonds. The molecule has 1 heterocycles. The smallest absolute Gasteiger partial charge is 0.288 e. The molecule has 0 unspecified atom stereocenters. The molecule has 0 fully saturated rings. The number of hydrazine groups is 1. The van der Waals surface area contributed by atoms with Gasteiger partial charge in [-0.05, 0) is 6.07 Å². The normalized spacial score (nSPS) is 10.0. The largest absolute Gasteiger partial charge is 0.489 e. The van der Waals surface area contributed by atoms with Crippen LogP contribution in [0.4, 0.5) is 11.5 Å². The molecule has 0 bridgehead atoms. The fourth-order valence-electron chi connectivity index (χ4n) is 1.53. The van der Waals surface area contributed by atoms with Gasteiger partial charge >= 0.3 is 0 Å². The first-order chi connectivity index (χ1) is 10.1. The third-order valence-corrected chi connectivity index (χ3v) is 2.75. The molecule has 0 atom stereocenters. The number of hydrogen-bond donors (Lipinski definition) is 2. The molecule has 0 saturated heterocycles. The zero-order valence-corrected chi connectivity index (χ0v) is 11.5. The Morgan fingerprint density at radius 1 is 1.43 bits per heavy atom. The second kappa shape index (κ2) is 6.20. The first kappa shape index (κ1) is 14.8. The van der Waals surface area contributed by atoms with Crippen molar-refractivity contribution in [2.45, 2.75) is 0 Å². The van der Waals surface area contributed by atoms with Crippen molar-refractivity contribution in [2.75, 3.05) is 12.5 Å². The van der Waals surface area contributed by atoms with Crippen LogP contribution in [0.25, 0.3) is 0 Å². The number of nitrogens with one attached hydrogen (secondary N) is 1. The summed E-state index contributed by atoms with van der Waals surface area (Å²) in [7, 11) is 1.40. The summed E-state index contributed by atoms with van der Waals surface area (Å²) < 4.78 is 10.6. The Kier molecular flexibility index (Phi) is 4.36. The molecule has 1 aromatic heterocycles. The molecule has 0 radical (unpaired) electrons. The number of rotatable bonds is 5. The average molecular weight is 312 g/mol. The molecule has 1 aromatic carbocycles. The monoisotopic (exact) mass is 311 g/mol. The lowest BCUT2D eigenvalue weighted by Crippen LogP contribution is -2.10. The van der Waals surface area contributed by atoms with E-state index in [-0.39, 0.29) is 33.9 Å². The molecule has 2 aromatic rings. The minimum atomic E-state index is -0.589. The summed E-state index contributed by atoms with van der Waals surface area (Å²) >= 11 is 5.80. The maximum Gasteiger partial charge on any atom is 0.288 e. The Labute approximate surface area is 123 Å². The van der Waals surface area contributed by atoms with E-state index in [1.165, 1.54) is 31.6 Å². The fraction of sp³-hybridized carbons (Fsp3) is 0.0909. The maximum atomic E-state index is 10.7. The second-order valence-corrected chi connectivity index (χ2v) is 4.08. The van der Waals surface area contributed by atoms with Gasteiger partial charge in [-0.2, -0.15) is 4.98 Å². The number of nitrogens with two attached hydrogens (primary N) is 1. The molecule has 0 spiro atoms. The van der Waals surface area contributed by atoms with Gasteiger partial charge in [0.25, 0.3) is 11.6 Å². The van der Waals surface area contributed by atoms with Crippen LogP contribution >= 0.6 is 11.6 Å². The van der Waals surface area contributed by atoms with Gasteiger partial charge in [0, 0.05) is 12.1 Å². The van der Waals surface area contributed by atoms with Crippen LogP contribution in [0.15, 0.2) is 24.5 Å². The van der Waals surface area contributed by atoms with E-state index in [0.717, 1.165) is 0 Å². The quantitative estimate of drug-likeness (QED) is 0.488. The van der Waals surface area contributed by atoms with E-state index >= 15 is 0 Å². The number of nitro benzene ring substituents is 1. The van der Waals surface area contributed by atoms with E-state index in [1.807, 2.05) is 0 Å². The first-order valence-corrected chi connectivity index (χ1v) is 5.92. The summed E-state index contributed by atoms with van der Waals surface area (Å²) in [6, 6.07) is 3.92. The van der Waals surface area contributed by atoms with Crippen molar-refractivity contribution in [3.8, 4) is 17.4 Å². The second-order valence-electron chi connectivity index (χ2n) is 3.68. The summed E-state index contributed by atoms with van der Waals surface area (Å²) in [6.45, 7) is 0. The van der Waals surface area contributed by atoms with Crippen molar-refractivity contribution in [1.29, 1.82) is 0 Å². The lowest BCUT2D eigenvalue weighted by atomic mass is 10.3. The third kappa shape index (κ3) is 3.09. The Hall–Kier alpha value is -2.65. The number of halogens is 1. The molecule has 10 heteroatoms. The molecule has 3 N–H and O–H groups in total. The molecule has 0 aliphatic carbocycles. The highest BCUT2D eigenvalue weighted by molar-refractivity contribution is 6.32. The zero-order valence-electron chi connectivity index (χ0n) is 10.7. The van der Waals surface area contributed by atoms with Crippen LogP contribution in [-0.4, -0.2) is 22.0 Å². The molecular weight excluding hydrogens is 302 g/mol. The van der Waals surface area contributed by atoms with Gasteiger partial charge in [0.05, 0.1) is 12.0 Å². The van der Waals surface area contributed by atoms with Crippen molar-refractivity contribution >= 4 is 23.1 Å². The third-order valence-electron chi connectivity index (χ3n) is 2.44. The minimum Gasteiger partial charge on any atom is -0.489 e. The lowest BCUT2D eigenvalue weighted by Gasteiger charge is -2.11. The topological polar surface area (TPSA) is 125 Å². The van der Waals surface area contributed by atoms with Gasteiger partial charge in [0.15, 0.2) is 5.82 Å². The Balaban J connectivity index is 2.34. The van der Waals surface area contributed by atoms with Crippen LogP contribution in [0.3, 0.4) is 0 Å². The minimum absolute atomic E-state index is 0.0531. The Morgan fingerprint density at radius 2 is 2.19 bits per heavy atom. The predicted molar refractivity (Wildman–Crippen MR) is 74.6 cm³/mol. The molecule has 2 rings (SSSR count). The van der Waals surface area contributed by atoms with Gasteiger partial charge in [-0.25, -0.2) is 10.8 Å². The molecule has 21 heavy (non-hydrogen) atoms. The number of benzene rings is 1. The summed E-state index contributed by atoms with van der Waals surface area (Å²) in [5.74, 6) is 6.06. The number of nitrogen functional groups attached to an aromatic ring is 1. The summed E-state index contributed by atoms with van der Waals surface area (Å²) in [6.07, 6.45) is 1.22. The number of ether oxygens (including phenoxy) is 2. The SMILES string of the molecule is COc1c(NN)ncnc1Oc1ccc([N+](=O)[O-])c(Cl)c1. The molecule has 0 aliphatic heterocycles. The van der Waals surface area contributed by atoms with Gasteiger partial charge in [0.1, 0.15) is 17.1 Å². The van der Waals surface area contributed by atoms with E-state index in [0.29, 0.717) is 0 Å². The van der Waals surface area contributed by atoms with Gasteiger partial charge in [-0.15, -0.1) is 0 Å². The van der Waals surface area contributed by atoms with Crippen molar-refractivity contribution < 1.29 is 14.4 Å². The van der Waals surface area contributed by atoms with Crippen molar-refractivity contribution in [3.63, 3.8) is 0 Å². The van der Waals surface area contributed by atoms with E-state index in [4.69, 9.17) is 26.9 Å². The summed E-state index contributed by atoms with van der Waals surface area (Å²) in [4.78, 5) is 17.9. The number of hydrogen-bond acceptors (Lipinski definition) is 8. The highest BCUT2D eigenvalue weighted by Crippen LogP contribution is 2.36. The first-order valence-electron chi connectivity index (χ1n) is 5.54. The lowest BCUT2D eigenvalue weighted by molar-refractivity contribution is -0.384. The van der Waals surface area contributed by atoms with Crippen LogP contribution in [0, 0.1) is 10.1 Å². The van der Waals surface area contributed by atoms with Crippen LogP contribution in [0.5, 0.6) is 17.4 Å². The molecule has 0 aliphatic rings. The fourth-order valence-corrected chi connectivity index (χ4v) is 1.77. The number of anilines is 1. The van der Waals surface area contributed by atoms with Crippen molar-refractivity contribution in [3.05, 3.63) is 39.7 Å². The highest BCUT2D eigenvalue weighted by atomic mass is 35.5. The average Bonchev–Trinajstić information content (AvgIpc) is 2.46. The Morgan fingerprint density at radius 3 is 2.76 bits per heavy atom. The zero-order chi connectivity index (χ0) is 15.4. The van der Waals surface area contributed by atoms with Gasteiger partial charge in [0.2, 0.25) is 5.75 Å². The number of nitro groups is 1. The maximum absolute atomic E-state index is 10.7. The Bertz CT molecular complexity index is 682. The van der Waals surface area contributed by atoms with Crippen molar-refractivity contribution in [2.24, 2.45) is 5.84 Å². The summed E-state index contributed by atoms with van der Waals surface area (Å²) in [5.41, 5.74) is 2.12. The van der Waals surface area contributed by atoms with E-state index < -0.39 is 4.92 Å². The number of aromatic nitrogens is 2. The molecule has 110 valence electrons. The van der Waals surface area contributed by atoms with Crippen LogP contribution in [0.2, 0.25) is 5.02 Å². The van der Waals surface area contributed by atoms with E-state index in [2.05, 4.69) is 15.4 Å². The molecule has 9 nitrogen and oxygen atoms in total. The van der Waals surface area contributed by atoms with Crippen LogP contribution in [-0.2, 0) is 0 Å². The highest BCUT2D eigenvalue weighted by Gasteiger charge is 2.16. The van der Waals surface area contributed by atoms with Gasteiger partial charge in [-0.1, -0.05) is 11.6 Å². The number of methoxy groups -OCH3 is 1. The molecular formula is C11H10ClN5O4. The molecule has 0 saturated carbocycles.